The second kappa shape index (κ2) is 11.3. The standard InChI is InChI=1S/C14H25F6NO8S2Si/c1-5-28-32(4,27-3)8-6-7-21-12(22)29-10(2)9-11(30(23,24)13(15,16)17)31(25,26)14(18,19)20/h10-11H,5-9H2,1-4H3,(H,21,22). The van der Waals surface area contributed by atoms with Gasteiger partial charge in [-0.05, 0) is 32.9 Å². The summed E-state index contributed by atoms with van der Waals surface area (Å²) < 4.78 is 134. The number of alkyl carbamates (subject to hydrolysis) is 1. The number of ether oxygens (including phenoxy) is 1. The Morgan fingerprint density at radius 3 is 1.88 bits per heavy atom. The average Bonchev–Trinajstić information content (AvgIpc) is 2.61. The first-order chi connectivity index (χ1) is 14.2. The van der Waals surface area contributed by atoms with Crippen LogP contribution >= 0.6 is 0 Å². The molecule has 0 aliphatic rings. The zero-order chi connectivity index (χ0) is 25.6. The Labute approximate surface area is 182 Å². The molecule has 0 spiro atoms. The molecule has 18 heteroatoms. The number of hydrogen-bond acceptors (Lipinski definition) is 8. The predicted octanol–water partition coefficient (Wildman–Crippen LogP) is 2.83. The molecule has 0 aliphatic carbocycles. The van der Waals surface area contributed by atoms with E-state index in [0.717, 1.165) is 6.92 Å². The zero-order valence-corrected chi connectivity index (χ0v) is 20.2. The van der Waals surface area contributed by atoms with E-state index in [4.69, 9.17) is 8.85 Å². The monoisotopic (exact) mass is 541 g/mol. The number of carbonyl (C=O) groups is 1. The zero-order valence-electron chi connectivity index (χ0n) is 17.5. The maximum absolute atomic E-state index is 12.7. The average molecular weight is 542 g/mol. The van der Waals surface area contributed by atoms with E-state index in [1.807, 2.05) is 0 Å². The van der Waals surface area contributed by atoms with E-state index in [9.17, 15) is 48.0 Å². The first kappa shape index (κ1) is 30.9. The molecule has 0 fully saturated rings. The summed E-state index contributed by atoms with van der Waals surface area (Å²) in [6.07, 6.45) is -4.66. The van der Waals surface area contributed by atoms with E-state index in [1.54, 1.807) is 13.5 Å². The van der Waals surface area contributed by atoms with Gasteiger partial charge in [0.15, 0.2) is 4.58 Å². The van der Waals surface area contributed by atoms with Crippen molar-refractivity contribution in [3.63, 3.8) is 0 Å². The number of rotatable bonds is 12. The van der Waals surface area contributed by atoms with Gasteiger partial charge in [-0.25, -0.2) is 21.6 Å². The molecule has 2 unspecified atom stereocenters. The van der Waals surface area contributed by atoms with Crippen molar-refractivity contribution in [3.05, 3.63) is 0 Å². The second-order valence-electron chi connectivity index (χ2n) is 6.66. The van der Waals surface area contributed by atoms with Gasteiger partial charge in [0.05, 0.1) is 0 Å². The summed E-state index contributed by atoms with van der Waals surface area (Å²) in [4.78, 5) is 11.7. The summed E-state index contributed by atoms with van der Waals surface area (Å²) in [7, 11) is -14.6. The fourth-order valence-electron chi connectivity index (χ4n) is 2.40. The summed E-state index contributed by atoms with van der Waals surface area (Å²) in [5.41, 5.74) is -12.6. The van der Waals surface area contributed by atoms with Crippen molar-refractivity contribution in [3.8, 4) is 0 Å². The van der Waals surface area contributed by atoms with Crippen molar-refractivity contribution in [1.29, 1.82) is 0 Å². The van der Waals surface area contributed by atoms with E-state index in [-0.39, 0.29) is 6.54 Å². The molecule has 0 aromatic heterocycles. The lowest BCUT2D eigenvalue weighted by atomic mass is 10.3. The number of carbonyl (C=O) groups excluding carboxylic acids is 1. The molecular formula is C14H25F6NO8S2Si. The van der Waals surface area contributed by atoms with E-state index in [1.165, 1.54) is 7.11 Å². The van der Waals surface area contributed by atoms with Gasteiger partial charge in [-0.2, -0.15) is 26.3 Å². The van der Waals surface area contributed by atoms with Gasteiger partial charge in [0, 0.05) is 26.7 Å². The summed E-state index contributed by atoms with van der Waals surface area (Å²) in [6.45, 7) is 4.64. The molecule has 32 heavy (non-hydrogen) atoms. The Bertz CT molecular complexity index is 789. The molecule has 0 rings (SSSR count). The van der Waals surface area contributed by atoms with Gasteiger partial charge in [0.25, 0.3) is 19.7 Å². The van der Waals surface area contributed by atoms with Crippen molar-refractivity contribution >= 4 is 34.3 Å². The fourth-order valence-corrected chi connectivity index (χ4v) is 7.93. The summed E-state index contributed by atoms with van der Waals surface area (Å²) in [5, 5.41) is 2.17. The molecule has 0 saturated carbocycles. The molecule has 0 bridgehead atoms. The highest BCUT2D eigenvalue weighted by molar-refractivity contribution is 8.09. The van der Waals surface area contributed by atoms with Crippen LogP contribution in [0.2, 0.25) is 12.6 Å². The minimum atomic E-state index is -6.80. The molecule has 2 atom stereocenters. The lowest BCUT2D eigenvalue weighted by Gasteiger charge is -2.24. The van der Waals surface area contributed by atoms with Crippen LogP contribution in [0.3, 0.4) is 0 Å². The number of hydrogen-bond donors (Lipinski definition) is 1. The van der Waals surface area contributed by atoms with Crippen LogP contribution in [-0.4, -0.2) is 73.5 Å². The number of amides is 1. The highest BCUT2D eigenvalue weighted by Gasteiger charge is 2.63. The van der Waals surface area contributed by atoms with E-state index in [0.29, 0.717) is 19.1 Å². The van der Waals surface area contributed by atoms with Crippen LogP contribution in [0.15, 0.2) is 0 Å². The summed E-state index contributed by atoms with van der Waals surface area (Å²) >= 11 is 0. The number of nitrogens with one attached hydrogen (secondary N) is 1. The van der Waals surface area contributed by atoms with Crippen LogP contribution < -0.4 is 5.32 Å². The quantitative estimate of drug-likeness (QED) is 0.227. The molecule has 0 saturated heterocycles. The smallest absolute Gasteiger partial charge is 0.446 e. The maximum Gasteiger partial charge on any atom is 0.498 e. The number of sulfone groups is 2. The predicted molar refractivity (Wildman–Crippen MR) is 102 cm³/mol. The van der Waals surface area contributed by atoms with Crippen LogP contribution in [0.4, 0.5) is 31.1 Å². The molecule has 0 heterocycles. The number of halogens is 6. The second-order valence-corrected chi connectivity index (χ2v) is 14.7. The molecule has 9 nitrogen and oxygen atoms in total. The third kappa shape index (κ3) is 8.34. The fraction of sp³-hybridized carbons (Fsp3) is 0.929. The van der Waals surface area contributed by atoms with Crippen molar-refractivity contribution in [2.45, 2.75) is 61.0 Å². The van der Waals surface area contributed by atoms with Gasteiger partial charge in [0.2, 0.25) is 0 Å². The third-order valence-electron chi connectivity index (χ3n) is 4.13. The Balaban J connectivity index is 5.20. The third-order valence-corrected chi connectivity index (χ3v) is 11.7. The van der Waals surface area contributed by atoms with Gasteiger partial charge < -0.3 is 18.9 Å². The van der Waals surface area contributed by atoms with Gasteiger partial charge in [-0.1, -0.05) is 0 Å². The molecular weight excluding hydrogens is 516 g/mol. The minimum absolute atomic E-state index is 0.0320. The normalized spacial score (nSPS) is 16.5. The van der Waals surface area contributed by atoms with Crippen molar-refractivity contribution < 1.29 is 61.6 Å². The van der Waals surface area contributed by atoms with Crippen LogP contribution in [0.1, 0.15) is 26.7 Å². The van der Waals surface area contributed by atoms with Crippen molar-refractivity contribution in [2.75, 3.05) is 20.3 Å². The van der Waals surface area contributed by atoms with Gasteiger partial charge >= 0.3 is 25.7 Å². The van der Waals surface area contributed by atoms with Crippen LogP contribution in [0.25, 0.3) is 0 Å². The van der Waals surface area contributed by atoms with E-state index in [2.05, 4.69) is 10.1 Å². The molecule has 1 N–H and O–H groups in total. The Hall–Kier alpha value is -1.11. The lowest BCUT2D eigenvalue weighted by molar-refractivity contribution is -0.0476. The van der Waals surface area contributed by atoms with Crippen LogP contribution in [-0.2, 0) is 33.3 Å². The van der Waals surface area contributed by atoms with Crippen LogP contribution in [0, 0.1) is 0 Å². The van der Waals surface area contributed by atoms with Crippen molar-refractivity contribution in [1.82, 2.24) is 5.32 Å². The molecule has 0 aliphatic heterocycles. The SMILES string of the molecule is CCO[Si](C)(CCCNC(=O)OC(C)CC(S(=O)(=O)C(F)(F)F)S(=O)(=O)C(F)(F)F)OC. The molecule has 0 aromatic rings. The lowest BCUT2D eigenvalue weighted by Crippen LogP contribution is -2.46. The Morgan fingerprint density at radius 1 is 1.03 bits per heavy atom. The molecule has 1 amide bonds. The minimum Gasteiger partial charge on any atom is -0.446 e. The van der Waals surface area contributed by atoms with Gasteiger partial charge in [-0.3, -0.25) is 0 Å². The molecule has 0 radical (unpaired) electrons. The Morgan fingerprint density at radius 2 is 1.50 bits per heavy atom. The largest absolute Gasteiger partial charge is 0.498 e. The van der Waals surface area contributed by atoms with Gasteiger partial charge in [0.1, 0.15) is 6.10 Å². The molecule has 192 valence electrons. The number of alkyl halides is 6. The maximum atomic E-state index is 12.7. The summed E-state index contributed by atoms with van der Waals surface area (Å²) in [5.74, 6) is 0. The van der Waals surface area contributed by atoms with E-state index < -0.39 is 62.5 Å². The summed E-state index contributed by atoms with van der Waals surface area (Å²) in [6, 6.07) is 0.433. The highest BCUT2D eigenvalue weighted by atomic mass is 32.3. The first-order valence-corrected chi connectivity index (χ1v) is 14.6. The van der Waals surface area contributed by atoms with Crippen LogP contribution in [0.5, 0.6) is 0 Å². The highest BCUT2D eigenvalue weighted by Crippen LogP contribution is 2.38. The van der Waals surface area contributed by atoms with Gasteiger partial charge in [-0.15, -0.1) is 0 Å². The Kier molecular flexibility index (Phi) is 10.9. The first-order valence-electron chi connectivity index (χ1n) is 8.99. The van der Waals surface area contributed by atoms with Crippen molar-refractivity contribution in [2.24, 2.45) is 0 Å². The molecule has 0 aromatic carbocycles. The van der Waals surface area contributed by atoms with E-state index >= 15 is 0 Å². The topological polar surface area (TPSA) is 125 Å².